The number of ketones is 1. The summed E-state index contributed by atoms with van der Waals surface area (Å²) in [6.07, 6.45) is 8.56. The fraction of sp³-hybridized carbons (Fsp3) is 0.857. The third-order valence-corrected chi connectivity index (χ3v) is 11.6. The highest BCUT2D eigenvalue weighted by Gasteiger charge is 2.39. The normalized spacial score (nSPS) is 33.4. The minimum absolute atomic E-state index is 0.0228. The Hall–Kier alpha value is -1.70. The van der Waals surface area contributed by atoms with Crippen molar-refractivity contribution in [2.24, 2.45) is 23.7 Å². The van der Waals surface area contributed by atoms with E-state index in [9.17, 15) is 24.9 Å². The lowest BCUT2D eigenvalue weighted by Gasteiger charge is -2.40. The number of carbonyl (C=O) groups excluding carboxylic acids is 2. The van der Waals surface area contributed by atoms with E-state index in [4.69, 9.17) is 14.2 Å². The van der Waals surface area contributed by atoms with E-state index in [-0.39, 0.29) is 36.1 Å². The first-order valence-electron chi connectivity index (χ1n) is 20.7. The largest absolute Gasteiger partial charge is 0.462 e. The first kappa shape index (κ1) is 45.7. The Bertz CT molecular complexity index is 1140. The SMILES string of the molecule is CC[C@H]1OC(=O)C[C@@H](O)[C@H](C)[C@@H](OC(OC(C)C(O)CN(C)C)C(C)O)[C@@H](CCN2CCCCC2)C[C@@H](C)C(=O)/C=C/C(C)=C/[C@@H]1CN1CCCCC1. The molecule has 11 nitrogen and oxygen atoms in total. The molecule has 2 fully saturated rings. The van der Waals surface area contributed by atoms with Gasteiger partial charge in [-0.2, -0.15) is 0 Å². The Balaban J connectivity index is 1.99. The first-order valence-corrected chi connectivity index (χ1v) is 20.7. The number of cyclic esters (lactones) is 1. The second kappa shape index (κ2) is 23.4. The summed E-state index contributed by atoms with van der Waals surface area (Å²) >= 11 is 0. The van der Waals surface area contributed by atoms with Gasteiger partial charge in [0.05, 0.1) is 30.8 Å². The van der Waals surface area contributed by atoms with Crippen LogP contribution in [0, 0.1) is 23.7 Å². The van der Waals surface area contributed by atoms with Gasteiger partial charge in [-0.1, -0.05) is 51.3 Å². The molecule has 3 aliphatic rings. The standard InChI is InChI=1S/C42H75N3O8/c1-9-39-35(27-45-21-14-11-15-22-45)24-29(2)16-17-36(47)30(3)25-34(18-23-44-19-12-10-13-20-44)41(31(4)37(48)26-40(50)52-39)53-42(32(5)46)51-33(6)38(49)28-43(7)8/h16-17,24,30-35,37-39,41-42,46,48-49H,9-15,18-23,25-28H2,1-8H3/b17-16+,29-24+/t30-,31+,32?,33?,34+,35-,37-,38?,39-,41-,42?/m1/s1. The molecule has 11 heteroatoms. The van der Waals surface area contributed by atoms with Crippen LogP contribution in [-0.2, 0) is 23.8 Å². The second-order valence-corrected chi connectivity index (χ2v) is 16.7. The Morgan fingerprint density at radius 3 is 2.17 bits per heavy atom. The van der Waals surface area contributed by atoms with Crippen molar-refractivity contribution in [2.45, 2.75) is 149 Å². The van der Waals surface area contributed by atoms with Crippen molar-refractivity contribution in [3.8, 4) is 0 Å². The highest BCUT2D eigenvalue weighted by atomic mass is 16.7. The Morgan fingerprint density at radius 2 is 1.58 bits per heavy atom. The van der Waals surface area contributed by atoms with Gasteiger partial charge in [-0.25, -0.2) is 0 Å². The van der Waals surface area contributed by atoms with Gasteiger partial charge in [-0.05, 0) is 125 Å². The molecular weight excluding hydrogens is 674 g/mol. The molecule has 0 aromatic rings. The first-order chi connectivity index (χ1) is 25.2. The van der Waals surface area contributed by atoms with Crippen molar-refractivity contribution < 1.29 is 39.1 Å². The molecule has 0 radical (unpaired) electrons. The summed E-state index contributed by atoms with van der Waals surface area (Å²) < 4.78 is 19.1. The zero-order valence-electron chi connectivity index (χ0n) is 34.3. The molecule has 0 amide bonds. The number of hydrogen-bond acceptors (Lipinski definition) is 11. The molecule has 0 spiro atoms. The van der Waals surface area contributed by atoms with Gasteiger partial charge in [0.1, 0.15) is 12.2 Å². The number of likely N-dealkylation sites (N-methyl/N-ethyl adjacent to an activating group) is 1. The summed E-state index contributed by atoms with van der Waals surface area (Å²) in [5.41, 5.74) is 0.952. The number of carbonyl (C=O) groups is 2. The van der Waals surface area contributed by atoms with Crippen LogP contribution < -0.4 is 0 Å². The van der Waals surface area contributed by atoms with E-state index in [1.54, 1.807) is 19.9 Å². The van der Waals surface area contributed by atoms with E-state index in [1.807, 2.05) is 52.8 Å². The number of hydrogen-bond donors (Lipinski definition) is 3. The van der Waals surface area contributed by atoms with Crippen LogP contribution in [0.5, 0.6) is 0 Å². The molecule has 0 saturated carbocycles. The molecule has 4 unspecified atom stereocenters. The van der Waals surface area contributed by atoms with Gasteiger partial charge in [-0.15, -0.1) is 0 Å². The Morgan fingerprint density at radius 1 is 0.962 bits per heavy atom. The Kier molecular flexibility index (Phi) is 20.2. The number of ether oxygens (including phenoxy) is 3. The number of allylic oxidation sites excluding steroid dienone is 3. The van der Waals surface area contributed by atoms with Crippen LogP contribution in [0.4, 0.5) is 0 Å². The quantitative estimate of drug-likeness (QED) is 0.167. The molecule has 11 atom stereocenters. The van der Waals surface area contributed by atoms with E-state index in [1.165, 1.54) is 12.8 Å². The number of piperidine rings is 2. The molecule has 0 aromatic carbocycles. The van der Waals surface area contributed by atoms with Gasteiger partial charge in [0, 0.05) is 30.8 Å². The van der Waals surface area contributed by atoms with E-state index in [0.29, 0.717) is 25.8 Å². The molecule has 3 rings (SSSR count). The lowest BCUT2D eigenvalue weighted by molar-refractivity contribution is -0.261. The lowest BCUT2D eigenvalue weighted by Crippen LogP contribution is -2.47. The topological polar surface area (TPSA) is 132 Å². The summed E-state index contributed by atoms with van der Waals surface area (Å²) in [6, 6.07) is 0. The van der Waals surface area contributed by atoms with Crippen LogP contribution in [0.25, 0.3) is 0 Å². The number of esters is 1. The lowest BCUT2D eigenvalue weighted by atomic mass is 9.79. The van der Waals surface area contributed by atoms with Crippen molar-refractivity contribution in [3.05, 3.63) is 23.8 Å². The third-order valence-electron chi connectivity index (χ3n) is 11.6. The van der Waals surface area contributed by atoms with Crippen molar-refractivity contribution >= 4 is 11.8 Å². The number of aliphatic hydroxyl groups excluding tert-OH is 3. The number of aliphatic hydroxyl groups is 3. The maximum atomic E-state index is 13.8. The second-order valence-electron chi connectivity index (χ2n) is 16.7. The van der Waals surface area contributed by atoms with Gasteiger partial charge in [0.2, 0.25) is 0 Å². The fourth-order valence-electron chi connectivity index (χ4n) is 8.18. The van der Waals surface area contributed by atoms with Crippen molar-refractivity contribution in [1.29, 1.82) is 0 Å². The highest BCUT2D eigenvalue weighted by Crippen LogP contribution is 2.33. The molecule has 0 aromatic heterocycles. The zero-order chi connectivity index (χ0) is 39.1. The predicted molar refractivity (Wildman–Crippen MR) is 209 cm³/mol. The number of rotatable bonds is 14. The van der Waals surface area contributed by atoms with Crippen LogP contribution in [0.2, 0.25) is 0 Å². The average molecular weight is 750 g/mol. The average Bonchev–Trinajstić information content (AvgIpc) is 3.12. The highest BCUT2D eigenvalue weighted by molar-refractivity contribution is 5.91. The molecule has 0 bridgehead atoms. The monoisotopic (exact) mass is 750 g/mol. The van der Waals surface area contributed by atoms with Crippen molar-refractivity contribution in [1.82, 2.24) is 14.7 Å². The van der Waals surface area contributed by atoms with Crippen molar-refractivity contribution in [3.63, 3.8) is 0 Å². The summed E-state index contributed by atoms with van der Waals surface area (Å²) in [7, 11) is 3.73. The minimum Gasteiger partial charge on any atom is -0.462 e. The molecular formula is C42H75N3O8. The minimum atomic E-state index is -1.12. The molecule has 3 heterocycles. The molecule has 2 saturated heterocycles. The van der Waals surface area contributed by atoms with Gasteiger partial charge in [0.15, 0.2) is 12.1 Å². The number of nitrogens with zero attached hydrogens (tertiary/aromatic N) is 3. The molecule has 3 N–H and O–H groups in total. The molecule has 3 aliphatic heterocycles. The van der Waals surface area contributed by atoms with Gasteiger partial charge < -0.3 is 44.2 Å². The molecule has 306 valence electrons. The van der Waals surface area contributed by atoms with Crippen LogP contribution in [0.3, 0.4) is 0 Å². The van der Waals surface area contributed by atoms with Crippen molar-refractivity contribution in [2.75, 3.05) is 59.9 Å². The van der Waals surface area contributed by atoms with E-state index >= 15 is 0 Å². The fourth-order valence-corrected chi connectivity index (χ4v) is 8.18. The third kappa shape index (κ3) is 15.8. The predicted octanol–water partition coefficient (Wildman–Crippen LogP) is 4.82. The van der Waals surface area contributed by atoms with Crippen LogP contribution in [0.15, 0.2) is 23.8 Å². The molecule has 53 heavy (non-hydrogen) atoms. The maximum Gasteiger partial charge on any atom is 0.308 e. The van der Waals surface area contributed by atoms with Crippen LogP contribution in [-0.4, -0.2) is 145 Å². The van der Waals surface area contributed by atoms with Gasteiger partial charge >= 0.3 is 5.97 Å². The van der Waals surface area contributed by atoms with Crippen LogP contribution in [0.1, 0.15) is 106 Å². The zero-order valence-corrected chi connectivity index (χ0v) is 34.3. The summed E-state index contributed by atoms with van der Waals surface area (Å²) in [4.78, 5) is 34.2. The van der Waals surface area contributed by atoms with Crippen LogP contribution >= 0.6 is 0 Å². The van der Waals surface area contributed by atoms with E-state index < -0.39 is 48.7 Å². The van der Waals surface area contributed by atoms with E-state index in [0.717, 1.165) is 70.5 Å². The summed E-state index contributed by atoms with van der Waals surface area (Å²) in [5, 5.41) is 33.6. The maximum absolute atomic E-state index is 13.8. The van der Waals surface area contributed by atoms with E-state index in [2.05, 4.69) is 15.9 Å². The number of likely N-dealkylation sites (tertiary alicyclic amines) is 2. The summed E-state index contributed by atoms with van der Waals surface area (Å²) in [5.74, 6) is -1.61. The van der Waals surface area contributed by atoms with Gasteiger partial charge in [-0.3, -0.25) is 9.59 Å². The summed E-state index contributed by atoms with van der Waals surface area (Å²) in [6.45, 7) is 17.2. The smallest absolute Gasteiger partial charge is 0.308 e. The molecule has 0 aliphatic carbocycles. The Labute approximate surface area is 321 Å². The van der Waals surface area contributed by atoms with Gasteiger partial charge in [0.25, 0.3) is 0 Å².